The largest absolute Gasteiger partial charge is 0.493 e. The zero-order chi connectivity index (χ0) is 25.5. The molecule has 4 aromatic rings. The molecule has 1 N–H and O–H groups in total. The van der Waals surface area contributed by atoms with Crippen LogP contribution in [0.5, 0.6) is 23.1 Å². The van der Waals surface area contributed by atoms with Gasteiger partial charge in [0, 0.05) is 17.5 Å². The van der Waals surface area contributed by atoms with Gasteiger partial charge in [-0.1, -0.05) is 34.8 Å². The van der Waals surface area contributed by atoms with Crippen LogP contribution in [-0.2, 0) is 13.0 Å². The summed E-state index contributed by atoms with van der Waals surface area (Å²) in [6.45, 7) is 4.02. The number of methoxy groups -OCH3 is 2. The molecule has 0 aliphatic carbocycles. The monoisotopic (exact) mass is 506 g/mol. The standard InChI is InChI=1S/C24H22N6O5S/c1-4-5-16-10-19(33-2)22(20(11-16)34-3)35-24-21(30(31)32)23(26-14-27-24)25-12-15-6-8-17(9-7-15)18-13-36-29-28-18/h4,6-11,13-14H,1,5,12H2,2-3H3,(H,25,26,27). The molecule has 0 saturated carbocycles. The summed E-state index contributed by atoms with van der Waals surface area (Å²) in [7, 11) is 2.94. The summed E-state index contributed by atoms with van der Waals surface area (Å²) < 4.78 is 20.6. The van der Waals surface area contributed by atoms with Gasteiger partial charge in [-0.15, -0.1) is 11.7 Å². The zero-order valence-corrected chi connectivity index (χ0v) is 20.3. The molecule has 184 valence electrons. The summed E-state index contributed by atoms with van der Waals surface area (Å²) in [5.41, 5.74) is 3.07. The predicted molar refractivity (Wildman–Crippen MR) is 135 cm³/mol. The van der Waals surface area contributed by atoms with Gasteiger partial charge >= 0.3 is 11.6 Å². The maximum atomic E-state index is 12.0. The lowest BCUT2D eigenvalue weighted by Gasteiger charge is -2.15. The fourth-order valence-electron chi connectivity index (χ4n) is 3.42. The van der Waals surface area contributed by atoms with Crippen molar-refractivity contribution in [1.82, 2.24) is 19.6 Å². The highest BCUT2D eigenvalue weighted by Crippen LogP contribution is 2.44. The highest BCUT2D eigenvalue weighted by atomic mass is 32.1. The average Bonchev–Trinajstić information content (AvgIpc) is 3.43. The Hall–Kier alpha value is -4.58. The second-order valence-corrected chi connectivity index (χ2v) is 8.01. The highest BCUT2D eigenvalue weighted by Gasteiger charge is 2.27. The maximum Gasteiger partial charge on any atom is 0.373 e. The molecular formula is C24H22N6O5S. The molecule has 2 aromatic heterocycles. The SMILES string of the molecule is C=CCc1cc(OC)c(Oc2ncnc(NCc3ccc(-c4csnn4)cc3)c2[N+](=O)[O-])c(OC)c1. The maximum absolute atomic E-state index is 12.0. The third-order valence-electron chi connectivity index (χ3n) is 5.14. The number of allylic oxidation sites excluding steroid dienone is 1. The number of benzene rings is 2. The second-order valence-electron chi connectivity index (χ2n) is 7.40. The van der Waals surface area contributed by atoms with Gasteiger partial charge in [0.05, 0.1) is 19.1 Å². The first-order valence-electron chi connectivity index (χ1n) is 10.7. The lowest BCUT2D eigenvalue weighted by Crippen LogP contribution is -2.07. The Bertz CT molecular complexity index is 1340. The van der Waals surface area contributed by atoms with Crippen LogP contribution in [-0.4, -0.2) is 38.7 Å². The normalized spacial score (nSPS) is 10.5. The number of nitrogens with one attached hydrogen (secondary N) is 1. The van der Waals surface area contributed by atoms with E-state index in [9.17, 15) is 10.1 Å². The van der Waals surface area contributed by atoms with Gasteiger partial charge in [0.15, 0.2) is 11.5 Å². The molecule has 0 atom stereocenters. The van der Waals surface area contributed by atoms with Gasteiger partial charge in [0.25, 0.3) is 0 Å². The molecule has 36 heavy (non-hydrogen) atoms. The molecule has 0 bridgehead atoms. The Morgan fingerprint density at radius 1 is 1.11 bits per heavy atom. The lowest BCUT2D eigenvalue weighted by atomic mass is 10.1. The Balaban J connectivity index is 1.60. The number of aromatic nitrogens is 4. The molecule has 0 radical (unpaired) electrons. The molecule has 0 amide bonds. The van der Waals surface area contributed by atoms with Gasteiger partial charge in [-0.25, -0.2) is 4.98 Å². The highest BCUT2D eigenvalue weighted by molar-refractivity contribution is 7.03. The predicted octanol–water partition coefficient (Wildman–Crippen LogP) is 5.05. The van der Waals surface area contributed by atoms with Crippen LogP contribution in [0.25, 0.3) is 11.3 Å². The zero-order valence-electron chi connectivity index (χ0n) is 19.5. The minimum Gasteiger partial charge on any atom is -0.493 e. The van der Waals surface area contributed by atoms with Crippen molar-refractivity contribution in [2.45, 2.75) is 13.0 Å². The Morgan fingerprint density at radius 2 is 1.83 bits per heavy atom. The van der Waals surface area contributed by atoms with Crippen LogP contribution < -0.4 is 19.5 Å². The smallest absolute Gasteiger partial charge is 0.373 e. The molecule has 0 aliphatic rings. The number of ether oxygens (including phenoxy) is 3. The van der Waals surface area contributed by atoms with Crippen molar-refractivity contribution in [3.05, 3.63) is 82.0 Å². The third kappa shape index (κ3) is 5.39. The van der Waals surface area contributed by atoms with Crippen LogP contribution in [0.1, 0.15) is 11.1 Å². The molecule has 2 aromatic carbocycles. The fourth-order valence-corrected chi connectivity index (χ4v) is 3.88. The molecule has 0 spiro atoms. The Kier molecular flexibility index (Phi) is 7.66. The van der Waals surface area contributed by atoms with Crippen LogP contribution in [0.15, 0.2) is 60.8 Å². The van der Waals surface area contributed by atoms with Crippen molar-refractivity contribution < 1.29 is 19.1 Å². The average molecular weight is 507 g/mol. The van der Waals surface area contributed by atoms with Gasteiger partial charge in [0.1, 0.15) is 12.0 Å². The van der Waals surface area contributed by atoms with Gasteiger partial charge in [-0.05, 0) is 41.2 Å². The number of hydrogen-bond donors (Lipinski definition) is 1. The number of rotatable bonds is 11. The first kappa shape index (κ1) is 24.5. The van der Waals surface area contributed by atoms with E-state index >= 15 is 0 Å². The Morgan fingerprint density at radius 3 is 2.42 bits per heavy atom. The van der Waals surface area contributed by atoms with Crippen molar-refractivity contribution in [3.63, 3.8) is 0 Å². The first-order valence-corrected chi connectivity index (χ1v) is 11.5. The Labute approximate surface area is 210 Å². The number of anilines is 1. The van der Waals surface area contributed by atoms with Crippen molar-refractivity contribution in [2.75, 3.05) is 19.5 Å². The number of nitro groups is 1. The molecule has 4 rings (SSSR count). The van der Waals surface area contributed by atoms with E-state index in [4.69, 9.17) is 14.2 Å². The minimum absolute atomic E-state index is 0.0130. The van der Waals surface area contributed by atoms with Crippen molar-refractivity contribution in [2.24, 2.45) is 0 Å². The fraction of sp³-hybridized carbons (Fsp3) is 0.167. The van der Waals surface area contributed by atoms with Gasteiger partial charge in [-0.2, -0.15) is 4.98 Å². The van der Waals surface area contributed by atoms with E-state index in [2.05, 4.69) is 31.5 Å². The van der Waals surface area contributed by atoms with E-state index in [-0.39, 0.29) is 24.0 Å². The summed E-state index contributed by atoms with van der Waals surface area (Å²) in [5, 5.41) is 20.9. The molecular weight excluding hydrogens is 484 g/mol. The van der Waals surface area contributed by atoms with E-state index in [1.54, 1.807) is 18.2 Å². The molecule has 0 fully saturated rings. The van der Waals surface area contributed by atoms with E-state index in [1.807, 2.05) is 29.6 Å². The molecule has 0 saturated heterocycles. The minimum atomic E-state index is -0.596. The lowest BCUT2D eigenvalue weighted by molar-refractivity contribution is -0.385. The molecule has 11 nitrogen and oxygen atoms in total. The van der Waals surface area contributed by atoms with Crippen LogP contribution >= 0.6 is 11.5 Å². The van der Waals surface area contributed by atoms with Crippen LogP contribution in [0, 0.1) is 10.1 Å². The number of hydrogen-bond acceptors (Lipinski definition) is 11. The molecule has 0 aliphatic heterocycles. The second kappa shape index (κ2) is 11.2. The van der Waals surface area contributed by atoms with Gasteiger partial charge < -0.3 is 19.5 Å². The van der Waals surface area contributed by atoms with E-state index in [0.29, 0.717) is 17.9 Å². The molecule has 12 heteroatoms. The van der Waals surface area contributed by atoms with Gasteiger partial charge in [0.2, 0.25) is 11.6 Å². The van der Waals surface area contributed by atoms with Crippen molar-refractivity contribution in [1.29, 1.82) is 0 Å². The summed E-state index contributed by atoms with van der Waals surface area (Å²) in [5.74, 6) is 0.594. The summed E-state index contributed by atoms with van der Waals surface area (Å²) in [4.78, 5) is 19.5. The summed E-state index contributed by atoms with van der Waals surface area (Å²) in [6.07, 6.45) is 3.51. The molecule has 0 unspecified atom stereocenters. The van der Waals surface area contributed by atoms with Crippen molar-refractivity contribution in [3.8, 4) is 34.4 Å². The van der Waals surface area contributed by atoms with E-state index in [0.717, 1.165) is 22.4 Å². The molecule has 2 heterocycles. The van der Waals surface area contributed by atoms with E-state index < -0.39 is 10.6 Å². The number of nitrogens with zero attached hydrogens (tertiary/aromatic N) is 5. The topological polar surface area (TPSA) is 134 Å². The van der Waals surface area contributed by atoms with E-state index in [1.165, 1.54) is 32.1 Å². The summed E-state index contributed by atoms with van der Waals surface area (Å²) in [6, 6.07) is 11.1. The van der Waals surface area contributed by atoms with Crippen LogP contribution in [0.2, 0.25) is 0 Å². The quantitative estimate of drug-likeness (QED) is 0.167. The van der Waals surface area contributed by atoms with Crippen LogP contribution in [0.3, 0.4) is 0 Å². The van der Waals surface area contributed by atoms with Crippen LogP contribution in [0.4, 0.5) is 11.5 Å². The van der Waals surface area contributed by atoms with Crippen molar-refractivity contribution >= 4 is 23.0 Å². The van der Waals surface area contributed by atoms with Gasteiger partial charge in [-0.3, -0.25) is 10.1 Å². The summed E-state index contributed by atoms with van der Waals surface area (Å²) >= 11 is 1.28. The first-order chi connectivity index (χ1) is 17.5. The third-order valence-corrected chi connectivity index (χ3v) is 5.64.